The minimum Gasteiger partial charge on any atom is -0.0661 e. The van der Waals surface area contributed by atoms with Crippen LogP contribution < -0.4 is 0 Å². The largest absolute Gasteiger partial charge is 0.0661 e. The van der Waals surface area contributed by atoms with Crippen LogP contribution in [-0.4, -0.2) is 30.0 Å². The first-order valence-corrected chi connectivity index (χ1v) is 9.24. The predicted molar refractivity (Wildman–Crippen MR) is 56.9 cm³/mol. The van der Waals surface area contributed by atoms with Crippen LogP contribution in [-0.2, 0) is 0 Å². The van der Waals surface area contributed by atoms with Crippen molar-refractivity contribution in [1.82, 2.24) is 0 Å². The highest BCUT2D eigenvalue weighted by Crippen LogP contribution is 1.98. The Hall–Kier alpha value is 0.651. The highest BCUT2D eigenvalue weighted by Gasteiger charge is 1.86. The summed E-state index contributed by atoms with van der Waals surface area (Å²) in [4.78, 5) is 0. The molecule has 0 fully saturated rings. The fourth-order valence-corrected chi connectivity index (χ4v) is 6.09. The zero-order valence-corrected chi connectivity index (χ0v) is 12.4. The van der Waals surface area contributed by atoms with Gasteiger partial charge in [-0.25, -0.2) is 0 Å². The van der Waals surface area contributed by atoms with Gasteiger partial charge in [0.05, 0.1) is 0 Å². The molecule has 0 aromatic heterocycles. The molecular weight excluding hydrogens is 156 g/mol. The Morgan fingerprint density at radius 2 is 1.33 bits per heavy atom. The fraction of sp³-hybridized carbons (Fsp3) is 1.00. The first kappa shape index (κ1) is 9.65. The molecular formula is C6H20Si3. The maximum absolute atomic E-state index is 1.64. The SMILES string of the molecule is [SiH3]CCC[SiH2]CCC[SiH3]. The molecule has 0 aliphatic rings. The molecule has 56 valence electrons. The van der Waals surface area contributed by atoms with Crippen LogP contribution in [0.5, 0.6) is 0 Å². The second-order valence-corrected chi connectivity index (χ2v) is 6.89. The standard InChI is InChI=1S/C6H20Si3/c7-3-1-5-9-6-2-4-8/h1-6,9H2,7-8H3. The molecule has 0 amide bonds. The van der Waals surface area contributed by atoms with Gasteiger partial charge in [0.1, 0.15) is 0 Å². The van der Waals surface area contributed by atoms with Crippen molar-refractivity contribution in [3.63, 3.8) is 0 Å². The Labute approximate surface area is 67.5 Å². The van der Waals surface area contributed by atoms with Gasteiger partial charge in [0.2, 0.25) is 0 Å². The molecule has 0 rings (SSSR count). The van der Waals surface area contributed by atoms with Gasteiger partial charge in [-0.15, -0.1) is 0 Å². The van der Waals surface area contributed by atoms with Crippen molar-refractivity contribution >= 4 is 30.0 Å². The van der Waals surface area contributed by atoms with E-state index in [0.29, 0.717) is 9.52 Å². The molecule has 3 heteroatoms. The summed E-state index contributed by atoms with van der Waals surface area (Å²) in [5, 5.41) is 0. The molecule has 0 bridgehead atoms. The van der Waals surface area contributed by atoms with Crippen LogP contribution in [0.1, 0.15) is 12.8 Å². The molecule has 0 unspecified atom stereocenters. The van der Waals surface area contributed by atoms with Gasteiger partial charge in [-0.2, -0.15) is 0 Å². The Kier molecular flexibility index (Phi) is 9.28. The summed E-state index contributed by atoms with van der Waals surface area (Å²) >= 11 is 0. The first-order valence-electron chi connectivity index (χ1n) is 4.41. The molecule has 0 aliphatic heterocycles. The second-order valence-electron chi connectivity index (χ2n) is 2.77. The quantitative estimate of drug-likeness (QED) is 0.372. The topological polar surface area (TPSA) is 0 Å². The summed E-state index contributed by atoms with van der Waals surface area (Å²) in [5.74, 6) is 0. The van der Waals surface area contributed by atoms with Crippen molar-refractivity contribution < 1.29 is 0 Å². The summed E-state index contributed by atoms with van der Waals surface area (Å²) in [7, 11) is 3.31. The highest BCUT2D eigenvalue weighted by molar-refractivity contribution is 6.35. The van der Waals surface area contributed by atoms with Crippen molar-refractivity contribution in [3.8, 4) is 0 Å². The maximum atomic E-state index is 1.64. The number of hydrogen-bond acceptors (Lipinski definition) is 0. The lowest BCUT2D eigenvalue weighted by Crippen LogP contribution is -1.88. The molecule has 0 saturated carbocycles. The summed E-state index contributed by atoms with van der Waals surface area (Å²) in [6.07, 6.45) is 3.14. The number of hydrogen-bond donors (Lipinski definition) is 0. The molecule has 0 atom stereocenters. The van der Waals surface area contributed by atoms with Crippen molar-refractivity contribution in [2.75, 3.05) is 0 Å². The molecule has 9 heavy (non-hydrogen) atoms. The monoisotopic (exact) mass is 176 g/mol. The second kappa shape index (κ2) is 8.65. The van der Waals surface area contributed by atoms with E-state index in [1.807, 2.05) is 0 Å². The molecule has 0 spiro atoms. The molecule has 0 aromatic carbocycles. The van der Waals surface area contributed by atoms with Crippen LogP contribution in [0.2, 0.25) is 24.2 Å². The van der Waals surface area contributed by atoms with Crippen molar-refractivity contribution in [2.45, 2.75) is 37.0 Å². The van der Waals surface area contributed by atoms with E-state index in [-0.39, 0.29) is 0 Å². The van der Waals surface area contributed by atoms with Crippen LogP contribution in [0, 0.1) is 0 Å². The molecule has 0 aromatic rings. The lowest BCUT2D eigenvalue weighted by Gasteiger charge is -1.95. The minimum atomic E-state index is 0.434. The van der Waals surface area contributed by atoms with Crippen molar-refractivity contribution in [3.05, 3.63) is 0 Å². The maximum Gasteiger partial charge on any atom is 0.0197 e. The van der Waals surface area contributed by atoms with Gasteiger partial charge in [0, 0.05) is 30.0 Å². The lowest BCUT2D eigenvalue weighted by atomic mass is 10.6. The van der Waals surface area contributed by atoms with Gasteiger partial charge in [-0.3, -0.25) is 0 Å². The van der Waals surface area contributed by atoms with E-state index in [9.17, 15) is 0 Å². The Morgan fingerprint density at radius 1 is 0.889 bits per heavy atom. The number of rotatable bonds is 6. The van der Waals surface area contributed by atoms with Crippen LogP contribution in [0.4, 0.5) is 0 Å². The predicted octanol–water partition coefficient (Wildman–Crippen LogP) is -0.661. The normalized spacial score (nSPS) is 12.0. The highest BCUT2D eigenvalue weighted by atomic mass is 28.2. The van der Waals surface area contributed by atoms with E-state index in [4.69, 9.17) is 0 Å². The Bertz CT molecular complexity index is 41.6. The average Bonchev–Trinajstić information content (AvgIpc) is 1.89. The van der Waals surface area contributed by atoms with Crippen LogP contribution in [0.3, 0.4) is 0 Å². The first-order chi connectivity index (χ1) is 4.41. The molecule has 0 radical (unpaired) electrons. The van der Waals surface area contributed by atoms with Crippen LogP contribution in [0.15, 0.2) is 0 Å². The minimum absolute atomic E-state index is 0.434. The molecule has 0 aliphatic carbocycles. The molecule has 0 N–H and O–H groups in total. The van der Waals surface area contributed by atoms with E-state index >= 15 is 0 Å². The Balaban J connectivity index is 2.60. The zero-order valence-electron chi connectivity index (χ0n) is 6.95. The summed E-state index contributed by atoms with van der Waals surface area (Å²) in [6.45, 7) is 0. The van der Waals surface area contributed by atoms with Gasteiger partial charge in [0.25, 0.3) is 0 Å². The molecule has 0 heterocycles. The van der Waals surface area contributed by atoms with Gasteiger partial charge < -0.3 is 0 Å². The van der Waals surface area contributed by atoms with Crippen molar-refractivity contribution in [1.29, 1.82) is 0 Å². The van der Waals surface area contributed by atoms with E-state index in [2.05, 4.69) is 0 Å². The summed E-state index contributed by atoms with van der Waals surface area (Å²) < 4.78 is 0. The van der Waals surface area contributed by atoms with E-state index < -0.39 is 0 Å². The average molecular weight is 176 g/mol. The third kappa shape index (κ3) is 8.65. The zero-order chi connectivity index (χ0) is 6.95. The van der Waals surface area contributed by atoms with Gasteiger partial charge in [0.15, 0.2) is 0 Å². The van der Waals surface area contributed by atoms with E-state index in [0.717, 1.165) is 0 Å². The van der Waals surface area contributed by atoms with E-state index in [1.165, 1.54) is 20.5 Å². The van der Waals surface area contributed by atoms with Gasteiger partial charge >= 0.3 is 0 Å². The lowest BCUT2D eigenvalue weighted by molar-refractivity contribution is 1.02. The fourth-order valence-electron chi connectivity index (χ4n) is 1.03. The summed E-state index contributed by atoms with van der Waals surface area (Å²) in [6, 6.07) is 6.39. The smallest absolute Gasteiger partial charge is 0.0197 e. The Morgan fingerprint density at radius 3 is 1.67 bits per heavy atom. The third-order valence-corrected chi connectivity index (χ3v) is 5.12. The van der Waals surface area contributed by atoms with Crippen LogP contribution >= 0.6 is 0 Å². The third-order valence-electron chi connectivity index (χ3n) is 1.71. The summed E-state index contributed by atoms with van der Waals surface area (Å²) in [5.41, 5.74) is 0. The van der Waals surface area contributed by atoms with Crippen molar-refractivity contribution in [2.24, 2.45) is 0 Å². The van der Waals surface area contributed by atoms with Gasteiger partial charge in [-0.05, 0) is 0 Å². The molecule has 0 saturated heterocycles. The van der Waals surface area contributed by atoms with Gasteiger partial charge in [-0.1, -0.05) is 37.0 Å². The van der Waals surface area contributed by atoms with E-state index in [1.54, 1.807) is 37.0 Å². The molecule has 0 nitrogen and oxygen atoms in total. The van der Waals surface area contributed by atoms with Crippen LogP contribution in [0.25, 0.3) is 0 Å².